The minimum Gasteiger partial charge on any atom is -0.453 e. The molecule has 5 aromatic carbocycles. The lowest BCUT2D eigenvalue weighted by Gasteiger charge is -2.43. The number of rotatable bonds is 12. The first kappa shape index (κ1) is 36.9. The summed E-state index contributed by atoms with van der Waals surface area (Å²) in [5, 5.41) is 15.0. The number of carbonyl (C=O) groups excluding carboxylic acids is 2. The number of nitrogens with zero attached hydrogens (tertiary/aromatic N) is 1. The average Bonchev–Trinajstić information content (AvgIpc) is 3.17. The highest BCUT2D eigenvalue weighted by atomic mass is 16.7. The fraction of sp³-hybridized carbons (Fsp3) is 0.318. The number of nitrogens with one attached hydrogen (secondary N) is 1. The molecule has 8 heteroatoms. The molecular weight excluding hydrogens is 652 g/mol. The highest BCUT2D eigenvalue weighted by Crippen LogP contribution is 2.42. The lowest BCUT2D eigenvalue weighted by molar-refractivity contribution is -0.276. The molecule has 1 aliphatic heterocycles. The second-order valence-corrected chi connectivity index (χ2v) is 13.8. The summed E-state index contributed by atoms with van der Waals surface area (Å²) in [5.41, 5.74) is 6.97. The Morgan fingerprint density at radius 1 is 0.846 bits per heavy atom. The molecule has 5 aromatic rings. The Balaban J connectivity index is 1.22. The molecule has 0 radical (unpaired) electrons. The molecule has 0 aromatic heterocycles. The fourth-order valence-electron chi connectivity index (χ4n) is 6.90. The molecule has 6 atom stereocenters. The Labute approximate surface area is 306 Å². The largest absolute Gasteiger partial charge is 0.453 e. The van der Waals surface area contributed by atoms with Crippen molar-refractivity contribution >= 4 is 22.6 Å². The number of aliphatic hydroxyl groups excluding tert-OH is 1. The molecule has 1 amide bonds. The van der Waals surface area contributed by atoms with Crippen molar-refractivity contribution in [2.24, 2.45) is 5.92 Å². The summed E-state index contributed by atoms with van der Waals surface area (Å²) in [6.45, 7) is 8.24. The molecule has 1 heterocycles. The van der Waals surface area contributed by atoms with Crippen LogP contribution in [0.2, 0.25) is 0 Å². The fourth-order valence-corrected chi connectivity index (χ4v) is 6.90. The van der Waals surface area contributed by atoms with Crippen LogP contribution in [0.15, 0.2) is 115 Å². The molecule has 6 rings (SSSR count). The van der Waals surface area contributed by atoms with Gasteiger partial charge in [-0.1, -0.05) is 116 Å². The maximum absolute atomic E-state index is 12.5. The van der Waals surface area contributed by atoms with Crippen LogP contribution in [0.3, 0.4) is 0 Å². The summed E-state index contributed by atoms with van der Waals surface area (Å²) >= 11 is 0. The van der Waals surface area contributed by atoms with E-state index in [1.165, 1.54) is 23.3 Å². The van der Waals surface area contributed by atoms with Gasteiger partial charge in [-0.2, -0.15) is 0 Å². The highest BCUT2D eigenvalue weighted by molar-refractivity contribution is 5.84. The van der Waals surface area contributed by atoms with Crippen molar-refractivity contribution in [1.29, 1.82) is 0 Å². The minimum atomic E-state index is -0.871. The molecule has 0 saturated carbocycles. The van der Waals surface area contributed by atoms with Gasteiger partial charge in [0, 0.05) is 37.5 Å². The number of likely N-dealkylation sites (N-methyl/N-ethyl adjacent to an activating group) is 1. The van der Waals surface area contributed by atoms with Gasteiger partial charge in [0.2, 0.25) is 0 Å². The molecular formula is C44H48N2O6. The Morgan fingerprint density at radius 3 is 2.23 bits per heavy atom. The monoisotopic (exact) mass is 700 g/mol. The van der Waals surface area contributed by atoms with Crippen molar-refractivity contribution in [2.45, 2.75) is 71.5 Å². The molecule has 0 bridgehead atoms. The van der Waals surface area contributed by atoms with Gasteiger partial charge in [-0.25, -0.2) is 0 Å². The van der Waals surface area contributed by atoms with Crippen molar-refractivity contribution in [3.8, 4) is 11.1 Å². The predicted molar refractivity (Wildman–Crippen MR) is 203 cm³/mol. The number of aliphatic hydroxyl groups is 1. The van der Waals surface area contributed by atoms with Crippen molar-refractivity contribution < 1.29 is 28.9 Å². The first-order chi connectivity index (χ1) is 25.1. The molecule has 270 valence electrons. The second kappa shape index (κ2) is 16.7. The quantitative estimate of drug-likeness (QED) is 0.127. The van der Waals surface area contributed by atoms with Crippen LogP contribution in [-0.4, -0.2) is 47.7 Å². The maximum atomic E-state index is 12.5. The summed E-state index contributed by atoms with van der Waals surface area (Å²) in [4.78, 5) is 26.2. The number of hydrogen-bond donors (Lipinski definition) is 2. The van der Waals surface area contributed by atoms with Crippen LogP contribution < -0.4 is 5.32 Å². The second-order valence-electron chi connectivity index (χ2n) is 13.8. The first-order valence-electron chi connectivity index (χ1n) is 17.9. The van der Waals surface area contributed by atoms with Crippen molar-refractivity contribution in [1.82, 2.24) is 10.2 Å². The molecule has 8 nitrogen and oxygen atoms in total. The van der Waals surface area contributed by atoms with E-state index in [-0.39, 0.29) is 36.7 Å². The van der Waals surface area contributed by atoms with Crippen molar-refractivity contribution in [3.05, 3.63) is 143 Å². The van der Waals surface area contributed by atoms with Crippen LogP contribution >= 0.6 is 0 Å². The van der Waals surface area contributed by atoms with E-state index in [0.29, 0.717) is 13.1 Å². The van der Waals surface area contributed by atoms with Crippen molar-refractivity contribution in [3.63, 3.8) is 0 Å². The van der Waals surface area contributed by atoms with E-state index in [4.69, 9.17) is 14.2 Å². The van der Waals surface area contributed by atoms with Gasteiger partial charge in [-0.05, 0) is 71.1 Å². The van der Waals surface area contributed by atoms with Gasteiger partial charge >= 0.3 is 5.97 Å². The van der Waals surface area contributed by atoms with Gasteiger partial charge in [0.25, 0.3) is 5.91 Å². The van der Waals surface area contributed by atoms with Gasteiger partial charge in [0.15, 0.2) is 12.4 Å². The normalized spacial score (nSPS) is 20.0. The molecule has 0 spiro atoms. The molecule has 1 aliphatic rings. The SMILES string of the molecule is CC(=O)O[C@@H](C)C(=O)NCc1ccccc1-c1ccc([C@H]2O[C@@H](CN(C)[C@H](C)c3ccc4ccccc4c3)[C@@H](C)[C@@H](c3ccc(CO)cc3)O2)cc1. The molecule has 0 aliphatic carbocycles. The van der Waals surface area contributed by atoms with Crippen LogP contribution in [-0.2, 0) is 37.0 Å². The standard InChI is InChI=1S/C44H48N2O6/c1-28-41(26-46(5)29(2)37-23-18-33-10-6-7-11-38(33)24-37)51-44(52-42(28)35-16-14-32(27-47)15-17-35)36-21-19-34(20-22-36)40-13-9-8-12-39(40)25-45-43(49)30(3)50-31(4)48/h6-24,28-30,41-42,44,47H,25-27H2,1-5H3,(H,45,49)/t28-,29-,30+,41+,42+,44+/m1/s1. The van der Waals surface area contributed by atoms with E-state index in [0.717, 1.165) is 33.4 Å². The number of ether oxygens (including phenoxy) is 3. The summed E-state index contributed by atoms with van der Waals surface area (Å²) in [5.74, 6) is -0.802. The van der Waals surface area contributed by atoms with E-state index >= 15 is 0 Å². The number of fused-ring (bicyclic) bond motifs is 1. The molecule has 52 heavy (non-hydrogen) atoms. The van der Waals surface area contributed by atoms with Crippen LogP contribution in [0.4, 0.5) is 0 Å². The summed E-state index contributed by atoms with van der Waals surface area (Å²) in [6.07, 6.45) is -1.82. The molecule has 1 fully saturated rings. The number of hydrogen-bond acceptors (Lipinski definition) is 7. The summed E-state index contributed by atoms with van der Waals surface area (Å²) in [6, 6.07) is 39.3. The van der Waals surface area contributed by atoms with Crippen LogP contribution in [0.5, 0.6) is 0 Å². The predicted octanol–water partition coefficient (Wildman–Crippen LogP) is 8.05. The van der Waals surface area contributed by atoms with Gasteiger partial charge in [-0.3, -0.25) is 14.5 Å². The maximum Gasteiger partial charge on any atom is 0.303 e. The number of carbonyl (C=O) groups is 2. The molecule has 2 N–H and O–H groups in total. The van der Waals surface area contributed by atoms with E-state index in [9.17, 15) is 14.7 Å². The van der Waals surface area contributed by atoms with Gasteiger partial charge < -0.3 is 24.6 Å². The Hall–Kier alpha value is -4.86. The zero-order valence-electron chi connectivity index (χ0n) is 30.5. The zero-order chi connectivity index (χ0) is 36.8. The average molecular weight is 701 g/mol. The Bertz CT molecular complexity index is 1980. The molecule has 1 saturated heterocycles. The minimum absolute atomic E-state index is 0.0115. The third-order valence-electron chi connectivity index (χ3n) is 10.2. The Kier molecular flexibility index (Phi) is 11.8. The zero-order valence-corrected chi connectivity index (χ0v) is 30.5. The van der Waals surface area contributed by atoms with Crippen LogP contribution in [0.1, 0.15) is 73.9 Å². The van der Waals surface area contributed by atoms with E-state index < -0.39 is 18.4 Å². The van der Waals surface area contributed by atoms with Crippen molar-refractivity contribution in [2.75, 3.05) is 13.6 Å². The third kappa shape index (κ3) is 8.60. The Morgan fingerprint density at radius 2 is 1.52 bits per heavy atom. The van der Waals surface area contributed by atoms with E-state index in [2.05, 4.69) is 85.7 Å². The van der Waals surface area contributed by atoms with Gasteiger partial charge in [0.05, 0.1) is 18.8 Å². The molecule has 0 unspecified atom stereocenters. The van der Waals surface area contributed by atoms with Crippen LogP contribution in [0, 0.1) is 5.92 Å². The summed E-state index contributed by atoms with van der Waals surface area (Å²) < 4.78 is 18.6. The van der Waals surface area contributed by atoms with Crippen LogP contribution in [0.25, 0.3) is 21.9 Å². The highest BCUT2D eigenvalue weighted by Gasteiger charge is 2.39. The smallest absolute Gasteiger partial charge is 0.303 e. The topological polar surface area (TPSA) is 97.3 Å². The first-order valence-corrected chi connectivity index (χ1v) is 17.9. The van der Waals surface area contributed by atoms with E-state index in [1.54, 1.807) is 6.92 Å². The number of benzene rings is 5. The summed E-state index contributed by atoms with van der Waals surface area (Å²) in [7, 11) is 2.15. The number of amides is 1. The third-order valence-corrected chi connectivity index (χ3v) is 10.2. The van der Waals surface area contributed by atoms with E-state index in [1.807, 2.05) is 60.7 Å². The number of esters is 1. The lowest BCUT2D eigenvalue weighted by Crippen LogP contribution is -2.44. The van der Waals surface area contributed by atoms with Gasteiger partial charge in [0.1, 0.15) is 0 Å². The van der Waals surface area contributed by atoms with Gasteiger partial charge in [-0.15, -0.1) is 0 Å². The lowest BCUT2D eigenvalue weighted by atomic mass is 9.89.